The van der Waals surface area contributed by atoms with Crippen LogP contribution in [0, 0.1) is 5.92 Å². The Kier molecular flexibility index (Phi) is 3.68. The fourth-order valence-corrected chi connectivity index (χ4v) is 3.40. The van der Waals surface area contributed by atoms with E-state index in [0.29, 0.717) is 5.54 Å². The predicted octanol–water partition coefficient (Wildman–Crippen LogP) is 2.25. The highest BCUT2D eigenvalue weighted by atomic mass is 15.2. The molecular formula is C13H26N2. The molecule has 0 amide bonds. The van der Waals surface area contributed by atoms with Gasteiger partial charge in [0.05, 0.1) is 0 Å². The predicted molar refractivity (Wildman–Crippen MR) is 65.1 cm³/mol. The van der Waals surface area contributed by atoms with Crippen molar-refractivity contribution in [2.45, 2.75) is 50.5 Å². The molecule has 1 aliphatic carbocycles. The van der Waals surface area contributed by atoms with Crippen LogP contribution in [-0.4, -0.2) is 37.6 Å². The maximum atomic E-state index is 3.54. The Morgan fingerprint density at radius 2 is 1.93 bits per heavy atom. The number of hydrogen-bond donors (Lipinski definition) is 1. The van der Waals surface area contributed by atoms with Crippen LogP contribution in [0.25, 0.3) is 0 Å². The third kappa shape index (κ3) is 2.54. The van der Waals surface area contributed by atoms with E-state index in [2.05, 4.69) is 24.3 Å². The van der Waals surface area contributed by atoms with Gasteiger partial charge in [-0.3, -0.25) is 0 Å². The first-order chi connectivity index (χ1) is 7.23. The standard InChI is InChI=1S/C13H26N2/c1-15(2)13(8-9-14-11-13)10-12-6-4-3-5-7-12/h12,14H,3-11H2,1-2H3. The van der Waals surface area contributed by atoms with E-state index < -0.39 is 0 Å². The number of likely N-dealkylation sites (N-methyl/N-ethyl adjacent to an activating group) is 1. The smallest absolute Gasteiger partial charge is 0.0342 e. The normalized spacial score (nSPS) is 33.8. The van der Waals surface area contributed by atoms with E-state index in [1.807, 2.05) is 0 Å². The van der Waals surface area contributed by atoms with Gasteiger partial charge in [0.25, 0.3) is 0 Å². The number of hydrogen-bond acceptors (Lipinski definition) is 2. The molecule has 1 unspecified atom stereocenters. The van der Waals surface area contributed by atoms with Crippen molar-refractivity contribution < 1.29 is 0 Å². The quantitative estimate of drug-likeness (QED) is 0.768. The molecule has 2 fully saturated rings. The molecule has 1 saturated carbocycles. The van der Waals surface area contributed by atoms with Gasteiger partial charge in [-0.2, -0.15) is 0 Å². The summed E-state index contributed by atoms with van der Waals surface area (Å²) in [4.78, 5) is 2.47. The summed E-state index contributed by atoms with van der Waals surface area (Å²) in [5.74, 6) is 1.00. The first kappa shape index (κ1) is 11.4. The Morgan fingerprint density at radius 1 is 1.20 bits per heavy atom. The molecule has 1 saturated heterocycles. The lowest BCUT2D eigenvalue weighted by atomic mass is 9.78. The van der Waals surface area contributed by atoms with E-state index in [9.17, 15) is 0 Å². The van der Waals surface area contributed by atoms with E-state index >= 15 is 0 Å². The average Bonchev–Trinajstić information content (AvgIpc) is 2.69. The van der Waals surface area contributed by atoms with Crippen LogP contribution >= 0.6 is 0 Å². The Bertz CT molecular complexity index is 189. The first-order valence-corrected chi connectivity index (χ1v) is 6.61. The summed E-state index contributed by atoms with van der Waals surface area (Å²) >= 11 is 0. The van der Waals surface area contributed by atoms with Crippen molar-refractivity contribution in [3.63, 3.8) is 0 Å². The van der Waals surface area contributed by atoms with Crippen LogP contribution in [0.1, 0.15) is 44.9 Å². The van der Waals surface area contributed by atoms with E-state index in [1.165, 1.54) is 58.0 Å². The largest absolute Gasteiger partial charge is 0.315 e. The third-order valence-corrected chi connectivity index (χ3v) is 4.56. The third-order valence-electron chi connectivity index (χ3n) is 4.56. The summed E-state index contributed by atoms with van der Waals surface area (Å²) in [6, 6.07) is 0. The van der Waals surface area contributed by atoms with Crippen LogP contribution in [0.5, 0.6) is 0 Å². The summed E-state index contributed by atoms with van der Waals surface area (Å²) in [6.07, 6.45) is 10.2. The van der Waals surface area contributed by atoms with E-state index in [4.69, 9.17) is 0 Å². The van der Waals surface area contributed by atoms with Crippen LogP contribution in [-0.2, 0) is 0 Å². The molecule has 0 bridgehead atoms. The lowest BCUT2D eigenvalue weighted by Gasteiger charge is -2.39. The molecule has 0 aromatic carbocycles. The number of nitrogens with one attached hydrogen (secondary N) is 1. The Labute approximate surface area is 94.4 Å². The number of rotatable bonds is 3. The zero-order chi connectivity index (χ0) is 10.7. The topological polar surface area (TPSA) is 15.3 Å². The SMILES string of the molecule is CN(C)C1(CC2CCCCC2)CCNC1. The minimum atomic E-state index is 0.474. The van der Waals surface area contributed by atoms with E-state index in [1.54, 1.807) is 0 Å². The van der Waals surface area contributed by atoms with Gasteiger partial charge in [-0.25, -0.2) is 0 Å². The summed E-state index contributed by atoms with van der Waals surface area (Å²) in [7, 11) is 4.52. The summed E-state index contributed by atoms with van der Waals surface area (Å²) in [5.41, 5.74) is 0.474. The van der Waals surface area contributed by atoms with Crippen molar-refractivity contribution in [1.29, 1.82) is 0 Å². The Hall–Kier alpha value is -0.0800. The Morgan fingerprint density at radius 3 is 2.47 bits per heavy atom. The lowest BCUT2D eigenvalue weighted by Crippen LogP contribution is -2.47. The van der Waals surface area contributed by atoms with Gasteiger partial charge in [0, 0.05) is 12.1 Å². The van der Waals surface area contributed by atoms with Crippen molar-refractivity contribution in [1.82, 2.24) is 10.2 Å². The molecule has 1 atom stereocenters. The van der Waals surface area contributed by atoms with Crippen LogP contribution < -0.4 is 5.32 Å². The average molecular weight is 210 g/mol. The minimum Gasteiger partial charge on any atom is -0.315 e. The van der Waals surface area contributed by atoms with Crippen molar-refractivity contribution in [2.24, 2.45) is 5.92 Å². The van der Waals surface area contributed by atoms with Gasteiger partial charge in [-0.05, 0) is 39.4 Å². The van der Waals surface area contributed by atoms with Gasteiger partial charge in [-0.1, -0.05) is 32.1 Å². The molecule has 2 rings (SSSR count). The fourth-order valence-electron chi connectivity index (χ4n) is 3.40. The highest BCUT2D eigenvalue weighted by molar-refractivity contribution is 4.97. The molecule has 1 heterocycles. The second kappa shape index (κ2) is 4.84. The molecule has 2 heteroatoms. The molecule has 0 spiro atoms. The van der Waals surface area contributed by atoms with E-state index in [0.717, 1.165) is 5.92 Å². The highest BCUT2D eigenvalue weighted by Crippen LogP contribution is 2.35. The van der Waals surface area contributed by atoms with Crippen molar-refractivity contribution in [2.75, 3.05) is 27.2 Å². The molecule has 2 nitrogen and oxygen atoms in total. The van der Waals surface area contributed by atoms with Crippen molar-refractivity contribution >= 4 is 0 Å². The van der Waals surface area contributed by atoms with Crippen LogP contribution in [0.4, 0.5) is 0 Å². The zero-order valence-corrected chi connectivity index (χ0v) is 10.4. The second-order valence-electron chi connectivity index (χ2n) is 5.75. The molecule has 1 aliphatic heterocycles. The first-order valence-electron chi connectivity index (χ1n) is 6.61. The van der Waals surface area contributed by atoms with Gasteiger partial charge < -0.3 is 10.2 Å². The van der Waals surface area contributed by atoms with Crippen LogP contribution in [0.2, 0.25) is 0 Å². The fraction of sp³-hybridized carbons (Fsp3) is 1.00. The maximum absolute atomic E-state index is 3.54. The van der Waals surface area contributed by atoms with Crippen molar-refractivity contribution in [3.8, 4) is 0 Å². The number of nitrogens with zero attached hydrogens (tertiary/aromatic N) is 1. The molecule has 0 aromatic heterocycles. The molecule has 2 aliphatic rings. The summed E-state index contributed by atoms with van der Waals surface area (Å²) in [6.45, 7) is 2.42. The molecular weight excluding hydrogens is 184 g/mol. The zero-order valence-electron chi connectivity index (χ0n) is 10.4. The summed E-state index contributed by atoms with van der Waals surface area (Å²) < 4.78 is 0. The lowest BCUT2D eigenvalue weighted by molar-refractivity contribution is 0.122. The highest BCUT2D eigenvalue weighted by Gasteiger charge is 2.37. The molecule has 1 N–H and O–H groups in total. The molecule has 88 valence electrons. The van der Waals surface area contributed by atoms with Gasteiger partial charge >= 0.3 is 0 Å². The second-order valence-corrected chi connectivity index (χ2v) is 5.75. The van der Waals surface area contributed by atoms with E-state index in [-0.39, 0.29) is 0 Å². The van der Waals surface area contributed by atoms with Gasteiger partial charge in [-0.15, -0.1) is 0 Å². The van der Waals surface area contributed by atoms with Crippen molar-refractivity contribution in [3.05, 3.63) is 0 Å². The van der Waals surface area contributed by atoms with Crippen LogP contribution in [0.3, 0.4) is 0 Å². The monoisotopic (exact) mass is 210 g/mol. The minimum absolute atomic E-state index is 0.474. The molecule has 0 aromatic rings. The van der Waals surface area contributed by atoms with Gasteiger partial charge in [0.15, 0.2) is 0 Å². The van der Waals surface area contributed by atoms with Crippen LogP contribution in [0.15, 0.2) is 0 Å². The molecule has 15 heavy (non-hydrogen) atoms. The molecule has 0 radical (unpaired) electrons. The Balaban J connectivity index is 1.93. The van der Waals surface area contributed by atoms with Gasteiger partial charge in [0.2, 0.25) is 0 Å². The summed E-state index contributed by atoms with van der Waals surface area (Å²) in [5, 5.41) is 3.54. The maximum Gasteiger partial charge on any atom is 0.0342 e. The van der Waals surface area contributed by atoms with Gasteiger partial charge in [0.1, 0.15) is 0 Å².